The number of nitrogens with one attached hydrogen (secondary N) is 1. The minimum absolute atomic E-state index is 0.0887. The summed E-state index contributed by atoms with van der Waals surface area (Å²) in [5, 5.41) is 33.5. The Bertz CT molecular complexity index is 993. The molecular formula is C27H38N2O8. The minimum atomic E-state index is -1.08. The van der Waals surface area contributed by atoms with Crippen molar-refractivity contribution in [1.82, 2.24) is 10.2 Å². The van der Waals surface area contributed by atoms with Gasteiger partial charge in [-0.3, -0.25) is 9.59 Å². The monoisotopic (exact) mass is 518 g/mol. The molecule has 0 radical (unpaired) electrons. The molecule has 1 aliphatic carbocycles. The number of hydrogen-bond acceptors (Lipinski definition) is 8. The normalized spacial score (nSPS) is 28.5. The summed E-state index contributed by atoms with van der Waals surface area (Å²) in [4.78, 5) is 28.3. The van der Waals surface area contributed by atoms with Gasteiger partial charge in [0.1, 0.15) is 12.2 Å². The highest BCUT2D eigenvalue weighted by Gasteiger charge is 2.55. The number of fused-ring (bicyclic) bond motifs is 3. The van der Waals surface area contributed by atoms with E-state index in [1.54, 1.807) is 23.1 Å². The van der Waals surface area contributed by atoms with Crippen LogP contribution in [0, 0.1) is 5.92 Å². The zero-order valence-corrected chi connectivity index (χ0v) is 21.5. The van der Waals surface area contributed by atoms with Crippen LogP contribution in [-0.2, 0) is 20.9 Å². The number of nitrogens with zero attached hydrogens (tertiary/aromatic N) is 1. The predicted molar refractivity (Wildman–Crippen MR) is 134 cm³/mol. The molecule has 10 nitrogen and oxygen atoms in total. The molecule has 37 heavy (non-hydrogen) atoms. The second-order valence-electron chi connectivity index (χ2n) is 9.83. The summed E-state index contributed by atoms with van der Waals surface area (Å²) in [5.74, 6) is -0.875. The number of benzene rings is 1. The molecule has 1 aromatic carbocycles. The van der Waals surface area contributed by atoms with Crippen molar-refractivity contribution in [2.75, 3.05) is 33.4 Å². The number of rotatable bonds is 10. The standard InChI is InChI=1S/C27H38N2O8/c1-3-4-7-22(32)29(14-17-6-5-10-36-17)20-13-19(27(34)28-8-9-30)23-18-11-16(15-31)12-21(35-2)25(18)37-26(23)24(20)33/h4,7,11-12,17,19-20,23-24,26,30-31,33H,3,5-6,8-10,13-15H2,1-2H3,(H,28,34)/b7-4+/t17?,19?,20-,23+,24+,26+/m1/s1. The summed E-state index contributed by atoms with van der Waals surface area (Å²) in [6, 6.07) is 2.76. The molecule has 4 rings (SSSR count). The topological polar surface area (TPSA) is 138 Å². The summed E-state index contributed by atoms with van der Waals surface area (Å²) < 4.78 is 17.6. The number of ether oxygens (including phenoxy) is 3. The highest BCUT2D eigenvalue weighted by atomic mass is 16.5. The number of aliphatic hydroxyl groups is 3. The molecule has 1 aromatic rings. The Balaban J connectivity index is 1.73. The maximum atomic E-state index is 13.4. The van der Waals surface area contributed by atoms with Gasteiger partial charge in [-0.1, -0.05) is 13.0 Å². The molecule has 2 aliphatic heterocycles. The van der Waals surface area contributed by atoms with Gasteiger partial charge in [-0.05, 0) is 49.5 Å². The van der Waals surface area contributed by atoms with Crippen LogP contribution in [0.3, 0.4) is 0 Å². The average molecular weight is 519 g/mol. The van der Waals surface area contributed by atoms with Gasteiger partial charge in [0.05, 0.1) is 38.4 Å². The van der Waals surface area contributed by atoms with Crippen LogP contribution in [-0.4, -0.2) is 89.8 Å². The fraction of sp³-hybridized carbons (Fsp3) is 0.630. The third kappa shape index (κ3) is 5.62. The number of allylic oxidation sites excluding steroid dienone is 1. The van der Waals surface area contributed by atoms with Gasteiger partial charge >= 0.3 is 0 Å². The van der Waals surface area contributed by atoms with Gasteiger partial charge in [-0.25, -0.2) is 0 Å². The van der Waals surface area contributed by atoms with Crippen molar-refractivity contribution in [3.8, 4) is 11.5 Å². The van der Waals surface area contributed by atoms with Crippen molar-refractivity contribution < 1.29 is 39.1 Å². The fourth-order valence-corrected chi connectivity index (χ4v) is 5.78. The number of aliphatic hydroxyl groups excluding tert-OH is 3. The largest absolute Gasteiger partial charge is 0.493 e. The molecular weight excluding hydrogens is 480 g/mol. The Hall–Kier alpha value is -2.66. The predicted octanol–water partition coefficient (Wildman–Crippen LogP) is 0.864. The van der Waals surface area contributed by atoms with E-state index in [-0.39, 0.29) is 44.1 Å². The number of carbonyl (C=O) groups is 2. The third-order valence-electron chi connectivity index (χ3n) is 7.52. The van der Waals surface area contributed by atoms with Gasteiger partial charge in [-0.2, -0.15) is 0 Å². The van der Waals surface area contributed by atoms with Crippen molar-refractivity contribution in [2.45, 2.75) is 69.5 Å². The second kappa shape index (κ2) is 12.3. The lowest BCUT2D eigenvalue weighted by atomic mass is 9.70. The number of hydrogen-bond donors (Lipinski definition) is 4. The van der Waals surface area contributed by atoms with E-state index in [2.05, 4.69) is 5.32 Å². The third-order valence-corrected chi connectivity index (χ3v) is 7.52. The van der Waals surface area contributed by atoms with E-state index in [4.69, 9.17) is 14.2 Å². The zero-order valence-electron chi connectivity index (χ0n) is 21.5. The smallest absolute Gasteiger partial charge is 0.246 e. The molecule has 2 heterocycles. The average Bonchev–Trinajstić information content (AvgIpc) is 3.57. The van der Waals surface area contributed by atoms with E-state index in [0.717, 1.165) is 12.8 Å². The first-order valence-corrected chi connectivity index (χ1v) is 13.1. The summed E-state index contributed by atoms with van der Waals surface area (Å²) in [6.45, 7) is 2.54. The summed E-state index contributed by atoms with van der Waals surface area (Å²) in [6.07, 6.45) is 3.87. The first kappa shape index (κ1) is 27.4. The second-order valence-corrected chi connectivity index (χ2v) is 9.83. The van der Waals surface area contributed by atoms with Gasteiger partial charge in [0, 0.05) is 31.2 Å². The minimum Gasteiger partial charge on any atom is -0.493 e. The molecule has 10 heteroatoms. The van der Waals surface area contributed by atoms with Crippen LogP contribution < -0.4 is 14.8 Å². The van der Waals surface area contributed by atoms with Crippen molar-refractivity contribution in [2.24, 2.45) is 5.92 Å². The molecule has 2 unspecified atom stereocenters. The molecule has 2 fully saturated rings. The Kier molecular flexibility index (Phi) is 9.07. The van der Waals surface area contributed by atoms with Crippen LogP contribution in [0.1, 0.15) is 49.7 Å². The Labute approximate surface area is 217 Å². The lowest BCUT2D eigenvalue weighted by Gasteiger charge is -2.45. The van der Waals surface area contributed by atoms with E-state index in [1.165, 1.54) is 13.2 Å². The molecule has 1 saturated heterocycles. The SMILES string of the molecule is CC/C=C/C(=O)N(CC1CCCO1)[C@@H]1CC(C(=O)NCCO)[C@@H]2c3cc(CO)cc(OC)c3O[C@@H]2[C@H]1O. The van der Waals surface area contributed by atoms with E-state index >= 15 is 0 Å². The van der Waals surface area contributed by atoms with Crippen molar-refractivity contribution in [1.29, 1.82) is 0 Å². The maximum Gasteiger partial charge on any atom is 0.246 e. The van der Waals surface area contributed by atoms with Crippen LogP contribution in [0.15, 0.2) is 24.3 Å². The highest BCUT2D eigenvalue weighted by Crippen LogP contribution is 2.53. The van der Waals surface area contributed by atoms with Crippen molar-refractivity contribution in [3.63, 3.8) is 0 Å². The lowest BCUT2D eigenvalue weighted by Crippen LogP contribution is -2.60. The lowest BCUT2D eigenvalue weighted by molar-refractivity contribution is -0.145. The fourth-order valence-electron chi connectivity index (χ4n) is 5.78. The van der Waals surface area contributed by atoms with E-state index in [1.807, 2.05) is 6.92 Å². The molecule has 1 saturated carbocycles. The summed E-state index contributed by atoms with van der Waals surface area (Å²) in [7, 11) is 1.49. The van der Waals surface area contributed by atoms with Gasteiger partial charge < -0.3 is 39.7 Å². The quantitative estimate of drug-likeness (QED) is 0.335. The Morgan fingerprint density at radius 2 is 2.11 bits per heavy atom. The molecule has 204 valence electrons. The molecule has 4 N–H and O–H groups in total. The molecule has 6 atom stereocenters. The van der Waals surface area contributed by atoms with E-state index < -0.39 is 30.1 Å². The molecule has 0 spiro atoms. The first-order chi connectivity index (χ1) is 17.9. The highest BCUT2D eigenvalue weighted by molar-refractivity contribution is 5.88. The molecule has 2 amide bonds. The van der Waals surface area contributed by atoms with Crippen LogP contribution >= 0.6 is 0 Å². The van der Waals surface area contributed by atoms with Crippen LogP contribution in [0.5, 0.6) is 11.5 Å². The maximum absolute atomic E-state index is 13.4. The summed E-state index contributed by atoms with van der Waals surface area (Å²) in [5.41, 5.74) is 1.28. The van der Waals surface area contributed by atoms with Crippen LogP contribution in [0.2, 0.25) is 0 Å². The van der Waals surface area contributed by atoms with Crippen LogP contribution in [0.25, 0.3) is 0 Å². The zero-order chi connectivity index (χ0) is 26.5. The Morgan fingerprint density at radius 3 is 2.76 bits per heavy atom. The van der Waals surface area contributed by atoms with Gasteiger partial charge in [-0.15, -0.1) is 0 Å². The van der Waals surface area contributed by atoms with Crippen LogP contribution in [0.4, 0.5) is 0 Å². The van der Waals surface area contributed by atoms with E-state index in [0.29, 0.717) is 42.2 Å². The Morgan fingerprint density at radius 1 is 1.30 bits per heavy atom. The van der Waals surface area contributed by atoms with Crippen molar-refractivity contribution >= 4 is 11.8 Å². The van der Waals surface area contributed by atoms with Gasteiger partial charge in [0.25, 0.3) is 0 Å². The molecule has 0 aromatic heterocycles. The van der Waals surface area contributed by atoms with Crippen molar-refractivity contribution in [3.05, 3.63) is 35.4 Å². The van der Waals surface area contributed by atoms with Gasteiger partial charge in [0.15, 0.2) is 11.5 Å². The number of methoxy groups -OCH3 is 1. The molecule has 0 bridgehead atoms. The molecule has 3 aliphatic rings. The number of carbonyl (C=O) groups excluding carboxylic acids is 2. The first-order valence-electron chi connectivity index (χ1n) is 13.1. The van der Waals surface area contributed by atoms with Gasteiger partial charge in [0.2, 0.25) is 11.8 Å². The number of amides is 2. The summed E-state index contributed by atoms with van der Waals surface area (Å²) >= 11 is 0. The van der Waals surface area contributed by atoms with E-state index in [9.17, 15) is 24.9 Å².